The average molecular weight is 452 g/mol. The van der Waals surface area contributed by atoms with Crippen LogP contribution < -0.4 is 15.0 Å². The summed E-state index contributed by atoms with van der Waals surface area (Å²) in [4.78, 5) is 13.5. The number of rotatable bonds is 10. The number of hydrogen-bond acceptors (Lipinski definition) is 7. The Morgan fingerprint density at radius 2 is 1.85 bits per heavy atom. The second-order valence-electron chi connectivity index (χ2n) is 9.09. The predicted molar refractivity (Wildman–Crippen MR) is 135 cm³/mol. The van der Waals surface area contributed by atoms with E-state index in [4.69, 9.17) is 9.72 Å². The summed E-state index contributed by atoms with van der Waals surface area (Å²) in [6.07, 6.45) is 1.76. The maximum absolute atomic E-state index is 5.98. The molecule has 1 aromatic carbocycles. The Morgan fingerprint density at radius 1 is 1.09 bits per heavy atom. The third kappa shape index (κ3) is 6.44. The summed E-state index contributed by atoms with van der Waals surface area (Å²) < 4.78 is 7.82. The Balaban J connectivity index is 1.71. The highest BCUT2D eigenvalue weighted by Crippen LogP contribution is 2.27. The van der Waals surface area contributed by atoms with Crippen LogP contribution in [0, 0.1) is 0 Å². The number of benzene rings is 1. The van der Waals surface area contributed by atoms with E-state index in [0.29, 0.717) is 18.4 Å². The van der Waals surface area contributed by atoms with Crippen LogP contribution in [0.1, 0.15) is 40.3 Å². The van der Waals surface area contributed by atoms with Gasteiger partial charge in [0.05, 0.1) is 5.69 Å². The van der Waals surface area contributed by atoms with Gasteiger partial charge in [0.2, 0.25) is 5.95 Å². The van der Waals surface area contributed by atoms with Crippen molar-refractivity contribution < 1.29 is 4.74 Å². The molecule has 0 bridgehead atoms. The summed E-state index contributed by atoms with van der Waals surface area (Å²) in [5.74, 6) is 3.03. The van der Waals surface area contributed by atoms with E-state index in [1.165, 1.54) is 0 Å². The van der Waals surface area contributed by atoms with E-state index in [0.717, 1.165) is 42.6 Å². The number of aromatic nitrogens is 4. The van der Waals surface area contributed by atoms with Crippen molar-refractivity contribution in [1.29, 1.82) is 0 Å². The zero-order chi connectivity index (χ0) is 24.0. The van der Waals surface area contributed by atoms with Gasteiger partial charge in [-0.15, -0.1) is 0 Å². The fraction of sp³-hybridized carbons (Fsp3) is 0.480. The third-order valence-corrected chi connectivity index (χ3v) is 5.62. The first-order valence-electron chi connectivity index (χ1n) is 11.5. The second-order valence-corrected chi connectivity index (χ2v) is 9.09. The van der Waals surface area contributed by atoms with E-state index in [2.05, 4.69) is 61.0 Å². The first-order chi connectivity index (χ1) is 15.7. The van der Waals surface area contributed by atoms with Gasteiger partial charge < -0.3 is 19.9 Å². The fourth-order valence-electron chi connectivity index (χ4n) is 3.39. The Bertz CT molecular complexity index is 1040. The minimum absolute atomic E-state index is 0.0206. The molecule has 1 N–H and O–H groups in total. The van der Waals surface area contributed by atoms with Crippen LogP contribution in [0.4, 0.5) is 23.3 Å². The SMILES string of the molecule is CCN(CC)CCOc1cccc(N(C)c2nccc(Nc3cc(C(C)(C)C)nn3C)n2)c1. The number of ether oxygens (including phenoxy) is 1. The number of hydrogen-bond donors (Lipinski definition) is 1. The first-order valence-corrected chi connectivity index (χ1v) is 11.5. The Labute approximate surface area is 197 Å². The lowest BCUT2D eigenvalue weighted by atomic mass is 9.92. The molecule has 0 amide bonds. The van der Waals surface area contributed by atoms with Gasteiger partial charge in [-0.1, -0.05) is 40.7 Å². The number of nitrogens with zero attached hydrogens (tertiary/aromatic N) is 6. The zero-order valence-corrected chi connectivity index (χ0v) is 21.0. The first kappa shape index (κ1) is 24.5. The minimum atomic E-state index is -0.0206. The molecule has 0 saturated heterocycles. The monoisotopic (exact) mass is 451 g/mol. The summed E-state index contributed by atoms with van der Waals surface area (Å²) in [6, 6.07) is 11.9. The van der Waals surface area contributed by atoms with Gasteiger partial charge in [0.25, 0.3) is 0 Å². The molecule has 0 aliphatic heterocycles. The van der Waals surface area contributed by atoms with Gasteiger partial charge in [-0.25, -0.2) is 4.98 Å². The lowest BCUT2D eigenvalue weighted by Crippen LogP contribution is -2.27. The molecule has 0 atom stereocenters. The van der Waals surface area contributed by atoms with E-state index >= 15 is 0 Å². The maximum atomic E-state index is 5.98. The number of anilines is 4. The highest BCUT2D eigenvalue weighted by molar-refractivity contribution is 5.61. The van der Waals surface area contributed by atoms with Crippen molar-refractivity contribution in [1.82, 2.24) is 24.6 Å². The normalized spacial score (nSPS) is 11.6. The highest BCUT2D eigenvalue weighted by Gasteiger charge is 2.19. The second kappa shape index (κ2) is 10.7. The van der Waals surface area contributed by atoms with Crippen LogP contribution in [0.25, 0.3) is 0 Å². The Kier molecular flexibility index (Phi) is 7.92. The topological polar surface area (TPSA) is 71.3 Å². The quantitative estimate of drug-likeness (QED) is 0.477. The molecule has 0 radical (unpaired) electrons. The average Bonchev–Trinajstić information content (AvgIpc) is 3.17. The van der Waals surface area contributed by atoms with Gasteiger partial charge in [-0.2, -0.15) is 10.1 Å². The lowest BCUT2D eigenvalue weighted by molar-refractivity contribution is 0.223. The smallest absolute Gasteiger partial charge is 0.231 e. The standard InChI is InChI=1S/C25H37N7O/c1-8-32(9-2)15-16-33-20-12-10-11-19(17-20)30(6)24-26-14-13-22(28-24)27-23-18-21(25(3,4)5)29-31(23)7/h10-14,17-18H,8-9,15-16H2,1-7H3,(H,26,27,28). The van der Waals surface area contributed by atoms with E-state index < -0.39 is 0 Å². The van der Waals surface area contributed by atoms with Crippen LogP contribution in [-0.4, -0.2) is 57.9 Å². The Morgan fingerprint density at radius 3 is 2.52 bits per heavy atom. The summed E-state index contributed by atoms with van der Waals surface area (Å²) in [6.45, 7) is 14.4. The third-order valence-electron chi connectivity index (χ3n) is 5.62. The van der Waals surface area contributed by atoms with E-state index in [1.54, 1.807) is 6.20 Å². The van der Waals surface area contributed by atoms with Crippen LogP contribution in [0.15, 0.2) is 42.6 Å². The molecule has 33 heavy (non-hydrogen) atoms. The molecule has 0 spiro atoms. The number of nitrogens with one attached hydrogen (secondary N) is 1. The van der Waals surface area contributed by atoms with E-state index in [9.17, 15) is 0 Å². The largest absolute Gasteiger partial charge is 0.492 e. The van der Waals surface area contributed by atoms with Gasteiger partial charge in [0.15, 0.2) is 0 Å². The molecule has 0 aliphatic rings. The lowest BCUT2D eigenvalue weighted by Gasteiger charge is -2.20. The molecule has 0 fully saturated rings. The molecule has 8 heteroatoms. The van der Waals surface area contributed by atoms with Crippen LogP contribution in [0.5, 0.6) is 5.75 Å². The molecule has 0 saturated carbocycles. The van der Waals surface area contributed by atoms with Crippen LogP contribution in [-0.2, 0) is 12.5 Å². The van der Waals surface area contributed by atoms with Crippen LogP contribution >= 0.6 is 0 Å². The van der Waals surface area contributed by atoms with Gasteiger partial charge in [0.1, 0.15) is 24.0 Å². The molecule has 3 rings (SSSR count). The molecule has 0 aliphatic carbocycles. The summed E-state index contributed by atoms with van der Waals surface area (Å²) in [5.41, 5.74) is 1.97. The predicted octanol–water partition coefficient (Wildman–Crippen LogP) is 4.74. The molecule has 2 heterocycles. The van der Waals surface area contributed by atoms with Crippen molar-refractivity contribution >= 4 is 23.3 Å². The van der Waals surface area contributed by atoms with Crippen molar-refractivity contribution in [2.75, 3.05) is 43.5 Å². The molecule has 8 nitrogen and oxygen atoms in total. The summed E-state index contributed by atoms with van der Waals surface area (Å²) in [7, 11) is 3.88. The van der Waals surface area contributed by atoms with Gasteiger partial charge >= 0.3 is 0 Å². The maximum Gasteiger partial charge on any atom is 0.231 e. The molecular formula is C25H37N7O. The Hall–Kier alpha value is -3.13. The van der Waals surface area contributed by atoms with Crippen molar-refractivity contribution in [2.24, 2.45) is 7.05 Å². The van der Waals surface area contributed by atoms with Crippen molar-refractivity contribution in [3.63, 3.8) is 0 Å². The minimum Gasteiger partial charge on any atom is -0.492 e. The van der Waals surface area contributed by atoms with Gasteiger partial charge in [-0.3, -0.25) is 4.68 Å². The molecule has 3 aromatic rings. The summed E-state index contributed by atoms with van der Waals surface area (Å²) in [5, 5.41) is 7.99. The van der Waals surface area contributed by atoms with E-state index in [1.807, 2.05) is 54.0 Å². The summed E-state index contributed by atoms with van der Waals surface area (Å²) >= 11 is 0. The zero-order valence-electron chi connectivity index (χ0n) is 21.0. The van der Waals surface area contributed by atoms with Crippen molar-refractivity contribution in [3.05, 3.63) is 48.3 Å². The molecule has 178 valence electrons. The number of likely N-dealkylation sites (N-methyl/N-ethyl adjacent to an activating group) is 1. The van der Waals surface area contributed by atoms with Crippen molar-refractivity contribution in [2.45, 2.75) is 40.0 Å². The molecule has 2 aromatic heterocycles. The fourth-order valence-corrected chi connectivity index (χ4v) is 3.39. The number of aryl methyl sites for hydroxylation is 1. The molecule has 0 unspecified atom stereocenters. The van der Waals surface area contributed by atoms with E-state index in [-0.39, 0.29) is 5.41 Å². The van der Waals surface area contributed by atoms with Gasteiger partial charge in [-0.05, 0) is 31.3 Å². The van der Waals surface area contributed by atoms with Crippen LogP contribution in [0.3, 0.4) is 0 Å². The highest BCUT2D eigenvalue weighted by atomic mass is 16.5. The van der Waals surface area contributed by atoms with Crippen molar-refractivity contribution in [3.8, 4) is 5.75 Å². The van der Waals surface area contributed by atoms with Gasteiger partial charge in [0, 0.05) is 50.1 Å². The van der Waals surface area contributed by atoms with Crippen LogP contribution in [0.2, 0.25) is 0 Å². The molecular weight excluding hydrogens is 414 g/mol.